The van der Waals surface area contributed by atoms with E-state index in [1.807, 2.05) is 0 Å². The van der Waals surface area contributed by atoms with Gasteiger partial charge >= 0.3 is 0 Å². The summed E-state index contributed by atoms with van der Waals surface area (Å²) in [4.78, 5) is 11.9. The molecule has 2 heteroatoms. The molecule has 1 saturated carbocycles. The third-order valence-electron chi connectivity index (χ3n) is 4.02. The molecule has 1 aromatic rings. The number of benzene rings is 1. The van der Waals surface area contributed by atoms with Crippen molar-refractivity contribution < 1.29 is 4.79 Å². The number of carbonyl (C=O) groups excluding carboxylic acids is 1. The minimum absolute atomic E-state index is 0.314. The number of ketones is 1. The van der Waals surface area contributed by atoms with E-state index in [9.17, 15) is 4.79 Å². The predicted molar refractivity (Wildman–Crippen MR) is 72.8 cm³/mol. The van der Waals surface area contributed by atoms with Crippen LogP contribution in [0.1, 0.15) is 36.0 Å². The van der Waals surface area contributed by atoms with Crippen molar-refractivity contribution in [2.75, 3.05) is 13.1 Å². The van der Waals surface area contributed by atoms with Crippen molar-refractivity contribution in [1.29, 1.82) is 0 Å². The lowest BCUT2D eigenvalue weighted by atomic mass is 10.0. The zero-order chi connectivity index (χ0) is 12.4. The smallest absolute Gasteiger partial charge is 0.150 e. The number of aryl methyl sites for hydroxylation is 2. The summed E-state index contributed by atoms with van der Waals surface area (Å²) < 4.78 is 0. The molecule has 0 amide bonds. The third kappa shape index (κ3) is 2.99. The van der Waals surface area contributed by atoms with Gasteiger partial charge in [-0.05, 0) is 61.3 Å². The second kappa shape index (κ2) is 5.23. The average Bonchev–Trinajstić information content (AvgIpc) is 3.06. The molecular weight excluding hydrogens is 222 g/mol. The number of fused-ring (bicyclic) bond motifs is 1. The van der Waals surface area contributed by atoms with Crippen LogP contribution in [0.25, 0.3) is 0 Å². The van der Waals surface area contributed by atoms with Crippen molar-refractivity contribution in [2.45, 2.75) is 38.5 Å². The molecule has 96 valence electrons. The van der Waals surface area contributed by atoms with Crippen LogP contribution in [0.5, 0.6) is 0 Å². The second-order valence-electron chi connectivity index (χ2n) is 5.75. The van der Waals surface area contributed by atoms with Crippen LogP contribution in [-0.2, 0) is 24.1 Å². The largest absolute Gasteiger partial charge is 0.310 e. The molecule has 0 bridgehead atoms. The van der Waals surface area contributed by atoms with Gasteiger partial charge in [-0.1, -0.05) is 18.2 Å². The number of hydrogen-bond donors (Lipinski definition) is 1. The fourth-order valence-corrected chi connectivity index (χ4v) is 2.76. The molecule has 18 heavy (non-hydrogen) atoms. The summed E-state index contributed by atoms with van der Waals surface area (Å²) in [7, 11) is 0. The Kier molecular flexibility index (Phi) is 3.46. The minimum Gasteiger partial charge on any atom is -0.310 e. The van der Waals surface area contributed by atoms with E-state index in [0.717, 1.165) is 12.5 Å². The van der Waals surface area contributed by atoms with E-state index in [4.69, 9.17) is 0 Å². The van der Waals surface area contributed by atoms with Crippen LogP contribution in [0.3, 0.4) is 0 Å². The summed E-state index contributed by atoms with van der Waals surface area (Å²) in [6.07, 6.45) is 6.95. The Morgan fingerprint density at radius 2 is 2.06 bits per heavy atom. The number of rotatable bonds is 6. The molecule has 3 rings (SSSR count). The zero-order valence-electron chi connectivity index (χ0n) is 10.9. The molecule has 0 saturated heterocycles. The van der Waals surface area contributed by atoms with Crippen LogP contribution in [0, 0.1) is 5.92 Å². The van der Waals surface area contributed by atoms with Gasteiger partial charge in [-0.2, -0.15) is 0 Å². The summed E-state index contributed by atoms with van der Waals surface area (Å²) >= 11 is 0. The van der Waals surface area contributed by atoms with Gasteiger partial charge in [0.05, 0.1) is 6.54 Å². The van der Waals surface area contributed by atoms with Gasteiger partial charge in [0.25, 0.3) is 0 Å². The maximum Gasteiger partial charge on any atom is 0.150 e. The molecule has 2 aliphatic rings. The van der Waals surface area contributed by atoms with Crippen LogP contribution in [0.2, 0.25) is 0 Å². The number of hydrogen-bond acceptors (Lipinski definition) is 2. The van der Waals surface area contributed by atoms with E-state index in [1.165, 1.54) is 48.8 Å². The summed E-state index contributed by atoms with van der Waals surface area (Å²) in [5, 5.41) is 3.27. The molecule has 0 atom stereocenters. The summed E-state index contributed by atoms with van der Waals surface area (Å²) in [5.74, 6) is 1.16. The molecule has 0 heterocycles. The van der Waals surface area contributed by atoms with Crippen LogP contribution >= 0.6 is 0 Å². The monoisotopic (exact) mass is 243 g/mol. The molecular formula is C16H21NO. The van der Waals surface area contributed by atoms with Crippen molar-refractivity contribution in [3.8, 4) is 0 Å². The van der Waals surface area contributed by atoms with E-state index in [2.05, 4.69) is 23.5 Å². The highest BCUT2D eigenvalue weighted by Crippen LogP contribution is 2.27. The highest BCUT2D eigenvalue weighted by molar-refractivity contribution is 5.82. The van der Waals surface area contributed by atoms with Crippen molar-refractivity contribution in [2.24, 2.45) is 5.92 Å². The van der Waals surface area contributed by atoms with Gasteiger partial charge in [-0.25, -0.2) is 0 Å². The first-order chi connectivity index (χ1) is 8.81. The Labute approximate surface area is 109 Å². The first kappa shape index (κ1) is 11.9. The fraction of sp³-hybridized carbons (Fsp3) is 0.562. The van der Waals surface area contributed by atoms with Gasteiger partial charge in [-0.15, -0.1) is 0 Å². The summed E-state index contributed by atoms with van der Waals surface area (Å²) in [5.41, 5.74) is 4.14. The zero-order valence-corrected chi connectivity index (χ0v) is 10.9. The lowest BCUT2D eigenvalue weighted by Gasteiger charge is -2.05. The SMILES string of the molecule is O=C(CNCC1CC1)Cc1ccc2c(c1)CCC2. The fourth-order valence-electron chi connectivity index (χ4n) is 2.76. The molecule has 1 fully saturated rings. The van der Waals surface area contributed by atoms with E-state index >= 15 is 0 Å². The van der Waals surface area contributed by atoms with Crippen molar-refractivity contribution >= 4 is 5.78 Å². The molecule has 0 unspecified atom stereocenters. The van der Waals surface area contributed by atoms with Gasteiger partial charge in [0.2, 0.25) is 0 Å². The quantitative estimate of drug-likeness (QED) is 0.830. The topological polar surface area (TPSA) is 29.1 Å². The Balaban J connectivity index is 1.50. The van der Waals surface area contributed by atoms with E-state index in [-0.39, 0.29) is 0 Å². The first-order valence-electron chi connectivity index (χ1n) is 7.14. The molecule has 1 aromatic carbocycles. The summed E-state index contributed by atoms with van der Waals surface area (Å²) in [6.45, 7) is 1.56. The molecule has 2 aliphatic carbocycles. The van der Waals surface area contributed by atoms with Crippen molar-refractivity contribution in [3.63, 3.8) is 0 Å². The number of carbonyl (C=O) groups is 1. The molecule has 0 spiro atoms. The molecule has 2 nitrogen and oxygen atoms in total. The maximum atomic E-state index is 11.9. The van der Waals surface area contributed by atoms with Crippen LogP contribution in [0.4, 0.5) is 0 Å². The van der Waals surface area contributed by atoms with Gasteiger partial charge in [-0.3, -0.25) is 4.79 Å². The van der Waals surface area contributed by atoms with Gasteiger partial charge in [0.15, 0.2) is 5.78 Å². The third-order valence-corrected chi connectivity index (χ3v) is 4.02. The van der Waals surface area contributed by atoms with Gasteiger partial charge < -0.3 is 5.32 Å². The standard InChI is InChI=1S/C16H21NO/c18-16(11-17-10-12-4-5-12)9-13-6-7-14-2-1-3-15(14)8-13/h6-8,12,17H,1-5,9-11H2. The predicted octanol–water partition coefficient (Wildman–Crippen LogP) is 2.29. The highest BCUT2D eigenvalue weighted by Gasteiger charge is 2.20. The van der Waals surface area contributed by atoms with E-state index in [0.29, 0.717) is 18.7 Å². The highest BCUT2D eigenvalue weighted by atomic mass is 16.1. The van der Waals surface area contributed by atoms with Gasteiger partial charge in [0, 0.05) is 6.42 Å². The maximum absolute atomic E-state index is 11.9. The number of Topliss-reactive ketones (excluding diaryl/α,β-unsaturated/α-hetero) is 1. The van der Waals surface area contributed by atoms with Crippen LogP contribution in [-0.4, -0.2) is 18.9 Å². The number of nitrogens with one attached hydrogen (secondary N) is 1. The van der Waals surface area contributed by atoms with Crippen LogP contribution < -0.4 is 5.32 Å². The van der Waals surface area contributed by atoms with Gasteiger partial charge in [0.1, 0.15) is 0 Å². The normalized spacial score (nSPS) is 17.8. The lowest BCUT2D eigenvalue weighted by molar-refractivity contribution is -0.117. The Bertz CT molecular complexity index is 448. The van der Waals surface area contributed by atoms with E-state index < -0.39 is 0 Å². The molecule has 0 aromatic heterocycles. The molecule has 0 radical (unpaired) electrons. The average molecular weight is 243 g/mol. The summed E-state index contributed by atoms with van der Waals surface area (Å²) in [6, 6.07) is 6.58. The minimum atomic E-state index is 0.314. The first-order valence-corrected chi connectivity index (χ1v) is 7.14. The molecule has 0 aliphatic heterocycles. The lowest BCUT2D eigenvalue weighted by Crippen LogP contribution is -2.26. The Hall–Kier alpha value is -1.15. The van der Waals surface area contributed by atoms with Crippen molar-refractivity contribution in [1.82, 2.24) is 5.32 Å². The Morgan fingerprint density at radius 3 is 2.89 bits per heavy atom. The van der Waals surface area contributed by atoms with Crippen LogP contribution in [0.15, 0.2) is 18.2 Å². The molecule has 1 N–H and O–H groups in total. The second-order valence-corrected chi connectivity index (χ2v) is 5.75. The van der Waals surface area contributed by atoms with Crippen molar-refractivity contribution in [3.05, 3.63) is 34.9 Å². The van der Waals surface area contributed by atoms with E-state index in [1.54, 1.807) is 0 Å². The Morgan fingerprint density at radius 1 is 1.22 bits per heavy atom.